The van der Waals surface area contributed by atoms with Gasteiger partial charge in [-0.25, -0.2) is 4.98 Å². The first-order valence-electron chi connectivity index (χ1n) is 6.05. The van der Waals surface area contributed by atoms with Gasteiger partial charge < -0.3 is 15.5 Å². The van der Waals surface area contributed by atoms with Crippen LogP contribution in [0.25, 0.3) is 5.65 Å². The van der Waals surface area contributed by atoms with Gasteiger partial charge in [-0.05, 0) is 28.1 Å². The van der Waals surface area contributed by atoms with Crippen LogP contribution in [0.1, 0.15) is 22.3 Å². The number of nitrogens with two attached hydrogens (primary N) is 1. The van der Waals surface area contributed by atoms with Crippen molar-refractivity contribution in [1.82, 2.24) is 24.9 Å². The lowest BCUT2D eigenvalue weighted by Crippen LogP contribution is -2.24. The monoisotopic (exact) mass is 350 g/mol. The minimum atomic E-state index is -0.404. The molecule has 3 N–H and O–H groups in total. The molecule has 0 spiro atoms. The van der Waals surface area contributed by atoms with Crippen molar-refractivity contribution in [2.24, 2.45) is 0 Å². The van der Waals surface area contributed by atoms with Gasteiger partial charge in [0.25, 0.3) is 5.91 Å². The van der Waals surface area contributed by atoms with Gasteiger partial charge in [-0.1, -0.05) is 0 Å². The molecule has 1 amide bonds. The number of nitrogens with zero attached hydrogens (tertiary/aromatic N) is 4. The molecule has 3 aromatic heterocycles. The van der Waals surface area contributed by atoms with E-state index in [4.69, 9.17) is 10.2 Å². The number of anilines is 1. The van der Waals surface area contributed by atoms with Crippen LogP contribution in [-0.2, 0) is 6.54 Å². The minimum absolute atomic E-state index is 0.119. The molecule has 0 aliphatic carbocycles. The molecule has 0 atom stereocenters. The smallest absolute Gasteiger partial charge is 0.274 e. The number of halogens is 1. The van der Waals surface area contributed by atoms with Gasteiger partial charge >= 0.3 is 0 Å². The zero-order valence-corrected chi connectivity index (χ0v) is 12.6. The summed E-state index contributed by atoms with van der Waals surface area (Å²) in [6, 6.07) is 3.63. The number of pyridine rings is 1. The van der Waals surface area contributed by atoms with E-state index in [2.05, 4.69) is 36.4 Å². The lowest BCUT2D eigenvalue weighted by molar-refractivity contribution is 0.0943. The van der Waals surface area contributed by atoms with Crippen molar-refractivity contribution in [3.63, 3.8) is 0 Å². The van der Waals surface area contributed by atoms with E-state index in [-0.39, 0.29) is 18.1 Å². The Hall–Kier alpha value is -2.42. The van der Waals surface area contributed by atoms with E-state index >= 15 is 0 Å². The first kappa shape index (κ1) is 13.6. The lowest BCUT2D eigenvalue weighted by atomic mass is 10.4. The molecule has 108 valence electrons. The molecule has 3 heterocycles. The molecule has 9 heteroatoms. The van der Waals surface area contributed by atoms with Gasteiger partial charge in [0.05, 0.1) is 11.0 Å². The summed E-state index contributed by atoms with van der Waals surface area (Å²) in [6.07, 6.45) is 1.74. The maximum Gasteiger partial charge on any atom is 0.274 e. The van der Waals surface area contributed by atoms with Crippen LogP contribution in [-0.4, -0.2) is 25.5 Å². The van der Waals surface area contributed by atoms with Crippen LogP contribution in [0.4, 0.5) is 5.82 Å². The van der Waals surface area contributed by atoms with Crippen molar-refractivity contribution in [3.8, 4) is 0 Å². The number of fused-ring (bicyclic) bond motifs is 1. The molecule has 0 bridgehead atoms. The molecule has 8 nitrogen and oxygen atoms in total. The predicted octanol–water partition coefficient (Wildman–Crippen LogP) is 1.30. The second-order valence-electron chi connectivity index (χ2n) is 4.29. The topological polar surface area (TPSA) is 111 Å². The quantitative estimate of drug-likeness (QED) is 0.736. The summed E-state index contributed by atoms with van der Waals surface area (Å²) in [7, 11) is 0. The SMILES string of the molecule is Cc1nnc(CNC(=O)c2nc3c(Br)cccn3c2N)o1. The van der Waals surface area contributed by atoms with Crippen molar-refractivity contribution < 1.29 is 9.21 Å². The van der Waals surface area contributed by atoms with E-state index in [0.29, 0.717) is 17.4 Å². The largest absolute Gasteiger partial charge is 0.424 e. The normalized spacial score (nSPS) is 11.0. The van der Waals surface area contributed by atoms with Crippen LogP contribution < -0.4 is 11.1 Å². The van der Waals surface area contributed by atoms with Crippen LogP contribution in [0.2, 0.25) is 0 Å². The third kappa shape index (κ3) is 2.47. The number of hydrogen-bond acceptors (Lipinski definition) is 6. The van der Waals surface area contributed by atoms with Crippen molar-refractivity contribution in [2.75, 3.05) is 5.73 Å². The standard InChI is InChI=1S/C12H11BrN6O2/c1-6-17-18-8(21-6)5-15-12(20)9-10(14)19-4-2-3-7(13)11(19)16-9/h2-4H,5,14H2,1H3,(H,15,20). The minimum Gasteiger partial charge on any atom is -0.424 e. The maximum absolute atomic E-state index is 12.2. The van der Waals surface area contributed by atoms with E-state index in [1.807, 2.05) is 6.07 Å². The van der Waals surface area contributed by atoms with Gasteiger partial charge in [0.1, 0.15) is 5.82 Å². The number of nitrogen functional groups attached to an aromatic ring is 1. The van der Waals surface area contributed by atoms with E-state index < -0.39 is 5.91 Å². The van der Waals surface area contributed by atoms with E-state index in [1.165, 1.54) is 0 Å². The number of aromatic nitrogens is 4. The number of aryl methyl sites for hydroxylation is 1. The zero-order valence-electron chi connectivity index (χ0n) is 11.0. The van der Waals surface area contributed by atoms with Gasteiger partial charge in [-0.15, -0.1) is 10.2 Å². The van der Waals surface area contributed by atoms with E-state index in [9.17, 15) is 4.79 Å². The van der Waals surface area contributed by atoms with Crippen LogP contribution in [0.3, 0.4) is 0 Å². The number of imidazole rings is 1. The molecule has 0 aliphatic heterocycles. The summed E-state index contributed by atoms with van der Waals surface area (Å²) >= 11 is 3.37. The molecule has 0 unspecified atom stereocenters. The van der Waals surface area contributed by atoms with Crippen molar-refractivity contribution in [3.05, 3.63) is 40.3 Å². The van der Waals surface area contributed by atoms with Gasteiger partial charge in [0.15, 0.2) is 11.3 Å². The highest BCUT2D eigenvalue weighted by Gasteiger charge is 2.18. The second kappa shape index (κ2) is 5.17. The van der Waals surface area contributed by atoms with Gasteiger partial charge in [0, 0.05) is 13.1 Å². The molecule has 3 rings (SSSR count). The molecular formula is C12H11BrN6O2. The summed E-state index contributed by atoms with van der Waals surface area (Å²) in [5.41, 5.74) is 6.68. The first-order valence-corrected chi connectivity index (χ1v) is 6.85. The molecule has 3 aromatic rings. The lowest BCUT2D eigenvalue weighted by Gasteiger charge is -2.00. The first-order chi connectivity index (χ1) is 10.1. The Morgan fingerprint density at radius 2 is 2.33 bits per heavy atom. The third-order valence-electron chi connectivity index (χ3n) is 2.82. The highest BCUT2D eigenvalue weighted by atomic mass is 79.9. The molecule has 0 fully saturated rings. The summed E-state index contributed by atoms with van der Waals surface area (Å²) in [6.45, 7) is 1.80. The fourth-order valence-electron chi connectivity index (χ4n) is 1.87. The molecule has 21 heavy (non-hydrogen) atoms. The maximum atomic E-state index is 12.2. The van der Waals surface area contributed by atoms with E-state index in [0.717, 1.165) is 4.47 Å². The number of nitrogens with one attached hydrogen (secondary N) is 1. The fraction of sp³-hybridized carbons (Fsp3) is 0.167. The van der Waals surface area contributed by atoms with Crippen LogP contribution in [0.15, 0.2) is 27.2 Å². The molecule has 0 saturated carbocycles. The Kier molecular flexibility index (Phi) is 3.34. The number of hydrogen-bond donors (Lipinski definition) is 2. The Morgan fingerprint density at radius 1 is 1.52 bits per heavy atom. The van der Waals surface area contributed by atoms with E-state index in [1.54, 1.807) is 23.6 Å². The highest BCUT2D eigenvalue weighted by molar-refractivity contribution is 9.10. The molecule has 0 aromatic carbocycles. The van der Waals surface area contributed by atoms with Crippen molar-refractivity contribution >= 4 is 33.3 Å². The molecule has 0 saturated heterocycles. The summed E-state index contributed by atoms with van der Waals surface area (Å²) in [4.78, 5) is 16.4. The Morgan fingerprint density at radius 3 is 3.00 bits per heavy atom. The number of rotatable bonds is 3. The third-order valence-corrected chi connectivity index (χ3v) is 3.44. The van der Waals surface area contributed by atoms with Gasteiger partial charge in [0.2, 0.25) is 11.8 Å². The van der Waals surface area contributed by atoms with Gasteiger partial charge in [-0.2, -0.15) is 0 Å². The Balaban J connectivity index is 1.84. The van der Waals surface area contributed by atoms with Crippen molar-refractivity contribution in [1.29, 1.82) is 0 Å². The fourth-order valence-corrected chi connectivity index (χ4v) is 2.30. The zero-order chi connectivity index (χ0) is 15.0. The number of carbonyl (C=O) groups is 1. The summed E-state index contributed by atoms with van der Waals surface area (Å²) < 4.78 is 7.56. The number of amides is 1. The van der Waals surface area contributed by atoms with Crippen LogP contribution >= 0.6 is 15.9 Å². The second-order valence-corrected chi connectivity index (χ2v) is 5.15. The average Bonchev–Trinajstić information content (AvgIpc) is 3.02. The molecule has 0 aliphatic rings. The summed E-state index contributed by atoms with van der Waals surface area (Å²) in [5.74, 6) is 0.629. The number of carbonyl (C=O) groups excluding carboxylic acids is 1. The molecular weight excluding hydrogens is 340 g/mol. The van der Waals surface area contributed by atoms with Crippen LogP contribution in [0, 0.1) is 6.92 Å². The highest BCUT2D eigenvalue weighted by Crippen LogP contribution is 2.21. The predicted molar refractivity (Wildman–Crippen MR) is 77.5 cm³/mol. The Labute approximate surface area is 127 Å². The Bertz CT molecular complexity index is 824. The van der Waals surface area contributed by atoms with Crippen molar-refractivity contribution in [2.45, 2.75) is 13.5 Å². The van der Waals surface area contributed by atoms with Gasteiger partial charge in [-0.3, -0.25) is 9.20 Å². The average molecular weight is 351 g/mol. The molecule has 0 radical (unpaired) electrons. The van der Waals surface area contributed by atoms with Crippen LogP contribution in [0.5, 0.6) is 0 Å². The summed E-state index contributed by atoms with van der Waals surface area (Å²) in [5, 5.41) is 10.1.